The Labute approximate surface area is 144 Å². The molecular formula is C18H32O6. The van der Waals surface area contributed by atoms with Gasteiger partial charge in [-0.05, 0) is 48.0 Å². The zero-order chi connectivity index (χ0) is 18.9. The number of rotatable bonds is 4. The van der Waals surface area contributed by atoms with Gasteiger partial charge in [0, 0.05) is 5.92 Å². The Balaban J connectivity index is 2.99. The van der Waals surface area contributed by atoms with Crippen LogP contribution in [0.25, 0.3) is 0 Å². The van der Waals surface area contributed by atoms with E-state index in [1.165, 1.54) is 0 Å². The van der Waals surface area contributed by atoms with Crippen molar-refractivity contribution in [3.05, 3.63) is 0 Å². The molecule has 0 saturated carbocycles. The minimum atomic E-state index is -1.01. The van der Waals surface area contributed by atoms with Crippen molar-refractivity contribution in [2.45, 2.75) is 86.4 Å². The number of esters is 2. The standard InChI is InChI=1S/C18H32O6/c1-9-11(19)12-10(2)13(23-15(20)17(3,4)5)14(22-12)24-16(21)18(6,7)8/h10-14,19H,9H2,1-8H3/t10-,11-,12+,13+,14-/m0/s1. The van der Waals surface area contributed by atoms with Crippen LogP contribution in [0.4, 0.5) is 0 Å². The molecule has 6 nitrogen and oxygen atoms in total. The lowest BCUT2D eigenvalue weighted by Gasteiger charge is -2.27. The quantitative estimate of drug-likeness (QED) is 0.790. The molecule has 1 aliphatic rings. The first-order valence-corrected chi connectivity index (χ1v) is 8.54. The molecule has 0 aromatic rings. The van der Waals surface area contributed by atoms with Crippen molar-refractivity contribution < 1.29 is 28.9 Å². The summed E-state index contributed by atoms with van der Waals surface area (Å²) < 4.78 is 16.8. The van der Waals surface area contributed by atoms with Crippen LogP contribution in [-0.4, -0.2) is 41.6 Å². The van der Waals surface area contributed by atoms with Gasteiger partial charge in [-0.2, -0.15) is 0 Å². The summed E-state index contributed by atoms with van der Waals surface area (Å²) in [6, 6.07) is 0. The fourth-order valence-corrected chi connectivity index (χ4v) is 2.30. The van der Waals surface area contributed by atoms with E-state index in [9.17, 15) is 14.7 Å². The number of carbonyl (C=O) groups excluding carboxylic acids is 2. The average Bonchev–Trinajstić information content (AvgIpc) is 2.73. The fraction of sp³-hybridized carbons (Fsp3) is 0.889. The van der Waals surface area contributed by atoms with Gasteiger partial charge < -0.3 is 19.3 Å². The van der Waals surface area contributed by atoms with Crippen molar-refractivity contribution >= 4 is 11.9 Å². The van der Waals surface area contributed by atoms with Gasteiger partial charge in [-0.1, -0.05) is 13.8 Å². The van der Waals surface area contributed by atoms with Gasteiger partial charge in [-0.3, -0.25) is 9.59 Å². The fourth-order valence-electron chi connectivity index (χ4n) is 2.30. The molecule has 1 fully saturated rings. The molecule has 0 aromatic carbocycles. The minimum Gasteiger partial charge on any atom is -0.455 e. The molecule has 0 unspecified atom stereocenters. The molecule has 0 aliphatic carbocycles. The van der Waals surface area contributed by atoms with Gasteiger partial charge in [0.05, 0.1) is 23.0 Å². The summed E-state index contributed by atoms with van der Waals surface area (Å²) in [5, 5.41) is 10.1. The Morgan fingerprint density at radius 2 is 1.50 bits per heavy atom. The van der Waals surface area contributed by atoms with Gasteiger partial charge in [0.1, 0.15) is 0 Å². The van der Waals surface area contributed by atoms with Crippen LogP contribution in [0.1, 0.15) is 61.8 Å². The van der Waals surface area contributed by atoms with Gasteiger partial charge in [0.2, 0.25) is 6.29 Å². The molecule has 0 amide bonds. The maximum atomic E-state index is 12.3. The van der Waals surface area contributed by atoms with E-state index in [4.69, 9.17) is 14.2 Å². The van der Waals surface area contributed by atoms with Crippen molar-refractivity contribution in [1.29, 1.82) is 0 Å². The molecule has 0 bridgehead atoms. The third-order valence-corrected chi connectivity index (χ3v) is 4.08. The zero-order valence-corrected chi connectivity index (χ0v) is 16.1. The Hall–Kier alpha value is -1.14. The van der Waals surface area contributed by atoms with Crippen LogP contribution in [0.3, 0.4) is 0 Å². The van der Waals surface area contributed by atoms with E-state index in [1.54, 1.807) is 41.5 Å². The molecule has 1 saturated heterocycles. The lowest BCUT2D eigenvalue weighted by Crippen LogP contribution is -2.40. The van der Waals surface area contributed by atoms with E-state index < -0.39 is 47.4 Å². The van der Waals surface area contributed by atoms with E-state index in [-0.39, 0.29) is 5.92 Å². The van der Waals surface area contributed by atoms with Gasteiger partial charge in [-0.25, -0.2) is 0 Å². The minimum absolute atomic E-state index is 0.288. The smallest absolute Gasteiger partial charge is 0.313 e. The molecule has 0 radical (unpaired) electrons. The molecule has 5 atom stereocenters. The zero-order valence-electron chi connectivity index (χ0n) is 16.1. The number of hydrogen-bond donors (Lipinski definition) is 1. The van der Waals surface area contributed by atoms with Crippen molar-refractivity contribution in [2.75, 3.05) is 0 Å². The summed E-state index contributed by atoms with van der Waals surface area (Å²) in [7, 11) is 0. The average molecular weight is 344 g/mol. The second-order valence-corrected chi connectivity index (χ2v) is 8.58. The molecule has 1 rings (SSSR count). The number of carbonyl (C=O) groups is 2. The SMILES string of the molecule is CC[C@H](O)[C@@H]1O[C@@H](OC(=O)C(C)(C)C)[C@H](OC(=O)C(C)(C)C)[C@H]1C. The number of hydrogen-bond acceptors (Lipinski definition) is 6. The van der Waals surface area contributed by atoms with Gasteiger partial charge in [0.15, 0.2) is 6.10 Å². The number of aliphatic hydroxyl groups excluding tert-OH is 1. The number of ether oxygens (including phenoxy) is 3. The Morgan fingerprint density at radius 3 is 1.92 bits per heavy atom. The molecule has 6 heteroatoms. The van der Waals surface area contributed by atoms with Crippen molar-refractivity contribution in [3.8, 4) is 0 Å². The van der Waals surface area contributed by atoms with E-state index in [2.05, 4.69) is 0 Å². The van der Waals surface area contributed by atoms with Gasteiger partial charge in [-0.15, -0.1) is 0 Å². The summed E-state index contributed by atoms with van der Waals surface area (Å²) >= 11 is 0. The monoisotopic (exact) mass is 344 g/mol. The molecule has 24 heavy (non-hydrogen) atoms. The summed E-state index contributed by atoms with van der Waals surface area (Å²) in [6.45, 7) is 14.1. The topological polar surface area (TPSA) is 82.1 Å². The molecule has 1 heterocycles. The third kappa shape index (κ3) is 4.93. The first-order chi connectivity index (χ1) is 10.8. The third-order valence-electron chi connectivity index (χ3n) is 4.08. The highest BCUT2D eigenvalue weighted by Crippen LogP contribution is 2.35. The lowest BCUT2D eigenvalue weighted by atomic mass is 9.94. The normalized spacial score (nSPS) is 29.2. The van der Waals surface area contributed by atoms with E-state index in [0.717, 1.165) is 0 Å². The van der Waals surface area contributed by atoms with Crippen LogP contribution in [0.2, 0.25) is 0 Å². The van der Waals surface area contributed by atoms with Crippen LogP contribution < -0.4 is 0 Å². The second-order valence-electron chi connectivity index (χ2n) is 8.58. The molecular weight excluding hydrogens is 312 g/mol. The van der Waals surface area contributed by atoms with E-state index >= 15 is 0 Å². The summed E-state index contributed by atoms with van der Waals surface area (Å²) in [5.41, 5.74) is -1.38. The predicted octanol–water partition coefficient (Wildman–Crippen LogP) is 2.67. The largest absolute Gasteiger partial charge is 0.455 e. The molecule has 1 N–H and O–H groups in total. The molecule has 0 spiro atoms. The maximum Gasteiger partial charge on any atom is 0.313 e. The Kier molecular flexibility index (Phi) is 6.44. The van der Waals surface area contributed by atoms with E-state index in [1.807, 2.05) is 13.8 Å². The van der Waals surface area contributed by atoms with E-state index in [0.29, 0.717) is 6.42 Å². The summed E-state index contributed by atoms with van der Waals surface area (Å²) in [6.07, 6.45) is -2.52. The van der Waals surface area contributed by atoms with Crippen LogP contribution in [0.5, 0.6) is 0 Å². The van der Waals surface area contributed by atoms with Gasteiger partial charge in [0.25, 0.3) is 0 Å². The van der Waals surface area contributed by atoms with Crippen molar-refractivity contribution in [1.82, 2.24) is 0 Å². The Bertz CT molecular complexity index is 459. The second kappa shape index (κ2) is 7.40. The van der Waals surface area contributed by atoms with Crippen LogP contribution >= 0.6 is 0 Å². The van der Waals surface area contributed by atoms with Crippen molar-refractivity contribution in [3.63, 3.8) is 0 Å². The summed E-state index contributed by atoms with van der Waals surface area (Å²) in [4.78, 5) is 24.5. The molecule has 140 valence electrons. The lowest BCUT2D eigenvalue weighted by molar-refractivity contribution is -0.209. The predicted molar refractivity (Wildman–Crippen MR) is 89.0 cm³/mol. The van der Waals surface area contributed by atoms with Crippen LogP contribution in [0, 0.1) is 16.7 Å². The van der Waals surface area contributed by atoms with Crippen LogP contribution in [0.15, 0.2) is 0 Å². The Morgan fingerprint density at radius 1 is 1.04 bits per heavy atom. The molecule has 0 aromatic heterocycles. The highest BCUT2D eigenvalue weighted by molar-refractivity contribution is 5.76. The highest BCUT2D eigenvalue weighted by atomic mass is 16.7. The highest BCUT2D eigenvalue weighted by Gasteiger charge is 2.50. The summed E-state index contributed by atoms with van der Waals surface area (Å²) in [5.74, 6) is -1.13. The van der Waals surface area contributed by atoms with Crippen LogP contribution in [-0.2, 0) is 23.8 Å². The molecule has 1 aliphatic heterocycles. The van der Waals surface area contributed by atoms with Gasteiger partial charge >= 0.3 is 11.9 Å². The first-order valence-electron chi connectivity index (χ1n) is 8.54. The number of aliphatic hydroxyl groups is 1. The maximum absolute atomic E-state index is 12.3. The first kappa shape index (κ1) is 20.9. The van der Waals surface area contributed by atoms with Crippen molar-refractivity contribution in [2.24, 2.45) is 16.7 Å².